The van der Waals surface area contributed by atoms with Gasteiger partial charge in [0.15, 0.2) is 12.4 Å². The van der Waals surface area contributed by atoms with Crippen molar-refractivity contribution in [3.63, 3.8) is 0 Å². The lowest BCUT2D eigenvalue weighted by molar-refractivity contribution is -0.490. The van der Waals surface area contributed by atoms with Gasteiger partial charge in [0.1, 0.15) is 42.9 Å². The van der Waals surface area contributed by atoms with Gasteiger partial charge in [0, 0.05) is 0 Å². The Kier molecular flexibility index (Phi) is 8.75. The molecule has 0 bridgehead atoms. The van der Waals surface area contributed by atoms with Crippen molar-refractivity contribution >= 4 is 47.5 Å². The molecule has 0 radical (unpaired) electrons. The highest BCUT2D eigenvalue weighted by Gasteiger charge is 2.53. The van der Waals surface area contributed by atoms with Crippen molar-refractivity contribution in [2.75, 3.05) is 13.2 Å². The summed E-state index contributed by atoms with van der Waals surface area (Å²) in [6.07, 6.45) is -8.04. The van der Waals surface area contributed by atoms with Gasteiger partial charge in [-0.1, -0.05) is 9.98 Å². The first-order chi connectivity index (χ1) is 19.6. The lowest BCUT2D eigenvalue weighted by atomic mass is 10.1. The number of rotatable bonds is 11. The Morgan fingerprint density at radius 1 is 0.881 bits per heavy atom. The van der Waals surface area contributed by atoms with Gasteiger partial charge in [-0.05, 0) is 0 Å². The minimum atomic E-state index is -5.46. The van der Waals surface area contributed by atoms with E-state index in [0.717, 1.165) is 0 Å². The molecule has 1 aromatic heterocycles. The van der Waals surface area contributed by atoms with Crippen LogP contribution in [-0.2, 0) is 41.1 Å². The highest BCUT2D eigenvalue weighted by Crippen LogP contribution is 2.60. The topological polar surface area (TPSA) is 315 Å². The fraction of sp³-hybridized carbons (Fsp3) is 0.588. The van der Waals surface area contributed by atoms with Crippen molar-refractivity contribution in [2.24, 2.45) is 9.98 Å². The molecule has 5 heterocycles. The van der Waals surface area contributed by atoms with Crippen LogP contribution in [0.4, 0.5) is 11.5 Å². The zero-order valence-electron chi connectivity index (χ0n) is 20.7. The number of phosphoric acid groups is 3. The average Bonchev–Trinajstić information content (AvgIpc) is 3.64. The number of fused-ring (bicyclic) bond motifs is 3. The number of aromatic nitrogens is 2. The maximum absolute atomic E-state index is 12.4. The Hall–Kier alpha value is -1.78. The molecule has 0 aliphatic carbocycles. The van der Waals surface area contributed by atoms with Crippen LogP contribution in [0.15, 0.2) is 16.3 Å². The standard InChI is InChI=1S/C17H22N5O17P3/c23-10-7(37-17(26)12(10)25)3-34-41(30,31)39-42(32,33)35-4-8-11(24)13(38-40(27,28)29)16(36-8)22-6-19-9-14-18-1-2-21(14)5-20-15(9)22/h1-2,5-8,10-13,16-17,23-26H,3-4H2,(H2-2,27,28,29,30,31,32,33)/p+2/t7-,8-,10-,11-,12-,13-,16-,17-/m1/s1. The summed E-state index contributed by atoms with van der Waals surface area (Å²) in [6.45, 7) is -2.01. The molecular formula is C17H24N5O17P3+2. The largest absolute Gasteiger partial charge is 0.481 e. The number of aliphatic hydroxyl groups is 4. The van der Waals surface area contributed by atoms with E-state index < -0.39 is 85.8 Å². The molecule has 5 rings (SSSR count). The number of phosphoric ester groups is 3. The van der Waals surface area contributed by atoms with Crippen molar-refractivity contribution < 1.29 is 85.3 Å². The van der Waals surface area contributed by atoms with Crippen LogP contribution < -0.4 is 14.3 Å². The highest BCUT2D eigenvalue weighted by molar-refractivity contribution is 7.61. The molecule has 42 heavy (non-hydrogen) atoms. The Morgan fingerprint density at radius 3 is 2.12 bits per heavy atom. The van der Waals surface area contributed by atoms with E-state index in [1.54, 1.807) is 10.5 Å². The number of hydrogen-bond acceptors (Lipinski definition) is 16. The third-order valence-electron chi connectivity index (χ3n) is 6.15. The number of aliphatic hydroxyl groups excluding tert-OH is 4. The van der Waals surface area contributed by atoms with E-state index in [1.807, 2.05) is 0 Å². The summed E-state index contributed by atoms with van der Waals surface area (Å²) >= 11 is 0. The Balaban J connectivity index is 1.27. The van der Waals surface area contributed by atoms with Gasteiger partial charge in [-0.15, -0.1) is 4.99 Å². The molecule has 8 N–H and O–H groups in total. The van der Waals surface area contributed by atoms with Crippen molar-refractivity contribution in [1.82, 2.24) is 9.56 Å². The molecule has 0 aromatic carbocycles. The summed E-state index contributed by atoms with van der Waals surface area (Å²) in [5.41, 5.74) is 0.361. The Labute approximate surface area is 233 Å². The first-order valence-corrected chi connectivity index (χ1v) is 16.1. The van der Waals surface area contributed by atoms with Crippen LogP contribution in [-0.4, -0.2) is 120 Å². The smallest absolute Gasteiger partial charge is 0.387 e. The number of ether oxygens (including phenoxy) is 2. The minimum absolute atomic E-state index is 0.109. The van der Waals surface area contributed by atoms with Gasteiger partial charge in [-0.25, -0.2) is 13.7 Å². The van der Waals surface area contributed by atoms with Gasteiger partial charge >= 0.3 is 34.8 Å². The Bertz CT molecular complexity index is 1570. The van der Waals surface area contributed by atoms with E-state index in [0.29, 0.717) is 5.82 Å². The lowest BCUT2D eigenvalue weighted by Crippen LogP contribution is -2.46. The van der Waals surface area contributed by atoms with Gasteiger partial charge < -0.3 is 49.5 Å². The van der Waals surface area contributed by atoms with Crippen molar-refractivity contribution in [2.45, 2.75) is 49.1 Å². The first kappa shape index (κ1) is 31.6. The molecule has 2 fully saturated rings. The molecule has 1 aromatic rings. The second-order valence-corrected chi connectivity index (χ2v) is 13.2. The molecule has 0 saturated carbocycles. The Morgan fingerprint density at radius 2 is 1.52 bits per heavy atom. The summed E-state index contributed by atoms with van der Waals surface area (Å²) in [5.74, 6) is 0.375. The van der Waals surface area contributed by atoms with E-state index in [1.165, 1.54) is 23.5 Å². The van der Waals surface area contributed by atoms with Crippen LogP contribution in [0.3, 0.4) is 0 Å². The van der Waals surface area contributed by atoms with E-state index in [4.69, 9.17) is 14.0 Å². The molecule has 0 amide bonds. The van der Waals surface area contributed by atoms with E-state index in [9.17, 15) is 53.7 Å². The summed E-state index contributed by atoms with van der Waals surface area (Å²) < 4.78 is 67.2. The molecule has 10 atom stereocenters. The fourth-order valence-corrected chi connectivity index (χ4v) is 6.90. The molecule has 232 valence electrons. The predicted octanol–water partition coefficient (Wildman–Crippen LogP) is -4.49. The summed E-state index contributed by atoms with van der Waals surface area (Å²) in [5, 5.41) is 39.2. The van der Waals surface area contributed by atoms with E-state index >= 15 is 0 Å². The second-order valence-electron chi connectivity index (χ2n) is 9.00. The van der Waals surface area contributed by atoms with Crippen LogP contribution in [0.5, 0.6) is 0 Å². The number of aliphatic imine (C=N–C) groups is 2. The maximum Gasteiger partial charge on any atom is 0.481 e. The predicted molar refractivity (Wildman–Crippen MR) is 128 cm³/mol. The lowest BCUT2D eigenvalue weighted by Gasteiger charge is -2.21. The highest BCUT2D eigenvalue weighted by atomic mass is 31.3. The van der Waals surface area contributed by atoms with E-state index in [-0.39, 0.29) is 11.2 Å². The average molecular weight is 663 g/mol. The van der Waals surface area contributed by atoms with Crippen molar-refractivity contribution in [3.05, 3.63) is 18.0 Å². The van der Waals surface area contributed by atoms with Crippen molar-refractivity contribution in [3.8, 4) is 0 Å². The summed E-state index contributed by atoms with van der Waals surface area (Å²) in [6, 6.07) is 0. The van der Waals surface area contributed by atoms with Gasteiger partial charge in [-0.3, -0.25) is 13.6 Å². The first-order valence-electron chi connectivity index (χ1n) is 11.6. The molecular weight excluding hydrogens is 639 g/mol. The van der Waals surface area contributed by atoms with Gasteiger partial charge in [0.05, 0.1) is 13.2 Å². The van der Waals surface area contributed by atoms with Crippen LogP contribution in [0.2, 0.25) is 0 Å². The van der Waals surface area contributed by atoms with Crippen LogP contribution in [0.25, 0.3) is 0 Å². The van der Waals surface area contributed by atoms with Gasteiger partial charge in [-0.2, -0.15) is 13.1 Å². The molecule has 4 aliphatic heterocycles. The maximum atomic E-state index is 12.4. The van der Waals surface area contributed by atoms with Gasteiger partial charge in [0.2, 0.25) is 18.9 Å². The SMILES string of the molecule is O=P(O)(O)O[C@@H]1[C@H](O)[C@@H](COP(=O)(O)OP(=O)(O)OC[C@H]2O[C@@H](O)[C@H](O)[C@@H]2O)O[C@H]1[N+]1=c2nc[n+]3c(c2N=C1)N=CC=3. The summed E-state index contributed by atoms with van der Waals surface area (Å²) in [7, 11) is -16.1. The van der Waals surface area contributed by atoms with Crippen LogP contribution in [0, 0.1) is 6.21 Å². The van der Waals surface area contributed by atoms with E-state index in [2.05, 4.69) is 28.3 Å². The summed E-state index contributed by atoms with van der Waals surface area (Å²) in [4.78, 5) is 51.1. The molecule has 2 unspecified atom stereocenters. The molecule has 4 aliphatic rings. The third kappa shape index (κ3) is 6.65. The normalized spacial score (nSPS) is 34.7. The molecule has 0 spiro atoms. The monoisotopic (exact) mass is 663 g/mol. The van der Waals surface area contributed by atoms with Crippen LogP contribution in [0.1, 0.15) is 0 Å². The number of hydrogen-bond donors (Lipinski definition) is 8. The number of nitrogens with zero attached hydrogens (tertiary/aromatic N) is 5. The third-order valence-corrected chi connectivity index (χ3v) is 9.27. The molecule has 22 nitrogen and oxygen atoms in total. The molecule has 2 saturated heterocycles. The van der Waals surface area contributed by atoms with Gasteiger partial charge in [0.25, 0.3) is 5.69 Å². The zero-order valence-corrected chi connectivity index (χ0v) is 23.4. The fourth-order valence-electron chi connectivity index (χ4n) is 4.26. The molecule has 25 heteroatoms. The quantitative estimate of drug-likeness (QED) is 0.0817. The van der Waals surface area contributed by atoms with Crippen molar-refractivity contribution in [1.29, 1.82) is 0 Å². The second kappa shape index (κ2) is 11.6. The van der Waals surface area contributed by atoms with Crippen LogP contribution >= 0.6 is 23.5 Å². The minimum Gasteiger partial charge on any atom is -0.387 e. The zero-order chi connectivity index (χ0) is 30.6.